The molecule has 3 rings (SSSR count). The number of carbonyl (C=O) groups is 2. The van der Waals surface area contributed by atoms with E-state index in [-0.39, 0.29) is 33.9 Å². The van der Waals surface area contributed by atoms with Gasteiger partial charge in [0.2, 0.25) is 5.91 Å². The van der Waals surface area contributed by atoms with E-state index >= 15 is 0 Å². The Labute approximate surface area is 162 Å². The van der Waals surface area contributed by atoms with E-state index in [4.69, 9.17) is 15.8 Å². The molecule has 0 aliphatic carbocycles. The quantitative estimate of drug-likeness (QED) is 0.571. The summed E-state index contributed by atoms with van der Waals surface area (Å²) < 4.78 is 30.6. The molecule has 1 heterocycles. The number of benzene rings is 2. The Balaban J connectivity index is 1.97. The van der Waals surface area contributed by atoms with Gasteiger partial charge < -0.3 is 9.08 Å². The van der Waals surface area contributed by atoms with E-state index in [1.165, 1.54) is 44.2 Å². The number of hydrogen-bond acceptors (Lipinski definition) is 5. The van der Waals surface area contributed by atoms with Crippen molar-refractivity contribution >= 4 is 39.1 Å². The summed E-state index contributed by atoms with van der Waals surface area (Å²) in [4.78, 5) is 25.2. The molecule has 0 aromatic heterocycles. The van der Waals surface area contributed by atoms with E-state index < -0.39 is 10.1 Å². The Morgan fingerprint density at radius 1 is 1.15 bits per heavy atom. The number of halogens is 1. The van der Waals surface area contributed by atoms with E-state index in [2.05, 4.69) is 0 Å². The van der Waals surface area contributed by atoms with Gasteiger partial charge in [0.1, 0.15) is 4.90 Å². The Morgan fingerprint density at radius 2 is 1.85 bits per heavy atom. The maximum atomic E-state index is 12.7. The zero-order valence-corrected chi connectivity index (χ0v) is 16.6. The first-order valence-corrected chi connectivity index (χ1v) is 10.1. The van der Waals surface area contributed by atoms with Crippen molar-refractivity contribution < 1.29 is 22.2 Å². The van der Waals surface area contributed by atoms with E-state index in [0.717, 1.165) is 5.56 Å². The second kappa shape index (κ2) is 6.98. The van der Waals surface area contributed by atoms with Gasteiger partial charge in [0.25, 0.3) is 0 Å². The van der Waals surface area contributed by atoms with Crippen LogP contribution in [0.1, 0.15) is 36.7 Å². The van der Waals surface area contributed by atoms with Crippen LogP contribution in [0, 0.1) is 0 Å². The first-order valence-electron chi connectivity index (χ1n) is 8.28. The van der Waals surface area contributed by atoms with Crippen molar-refractivity contribution in [2.45, 2.75) is 38.1 Å². The SMILES string of the molecule is CC(=O)c1cc(Cl)ccc1OS(=O)(=O)c1ccc2c(c1)CC(C)N2C(C)=O. The molecule has 0 radical (unpaired) electrons. The van der Waals surface area contributed by atoms with Gasteiger partial charge in [0, 0.05) is 23.7 Å². The fraction of sp³-hybridized carbons (Fsp3) is 0.263. The Kier molecular flexibility index (Phi) is 5.01. The average Bonchev–Trinajstić information content (AvgIpc) is 2.91. The summed E-state index contributed by atoms with van der Waals surface area (Å²) in [5.74, 6) is -0.533. The second-order valence-corrected chi connectivity index (χ2v) is 8.45. The Morgan fingerprint density at radius 3 is 2.48 bits per heavy atom. The van der Waals surface area contributed by atoms with Crippen molar-refractivity contribution in [2.75, 3.05) is 4.90 Å². The summed E-state index contributed by atoms with van der Waals surface area (Å²) in [5, 5.41) is 0.306. The molecule has 0 saturated carbocycles. The predicted molar refractivity (Wildman–Crippen MR) is 102 cm³/mol. The Hall–Kier alpha value is -2.38. The van der Waals surface area contributed by atoms with Crippen molar-refractivity contribution in [2.24, 2.45) is 0 Å². The van der Waals surface area contributed by atoms with Crippen LogP contribution in [0.4, 0.5) is 5.69 Å². The van der Waals surface area contributed by atoms with E-state index in [0.29, 0.717) is 17.1 Å². The lowest BCUT2D eigenvalue weighted by molar-refractivity contribution is -0.116. The number of ketones is 1. The van der Waals surface area contributed by atoms with Crippen LogP contribution in [-0.4, -0.2) is 26.2 Å². The van der Waals surface area contributed by atoms with Crippen LogP contribution >= 0.6 is 11.6 Å². The molecule has 0 bridgehead atoms. The highest BCUT2D eigenvalue weighted by Crippen LogP contribution is 2.35. The molecule has 2 aromatic carbocycles. The molecule has 8 heteroatoms. The first kappa shape index (κ1) is 19.4. The average molecular weight is 408 g/mol. The van der Waals surface area contributed by atoms with Crippen LogP contribution in [-0.2, 0) is 21.3 Å². The van der Waals surface area contributed by atoms with Gasteiger partial charge in [-0.15, -0.1) is 0 Å². The molecule has 0 N–H and O–H groups in total. The lowest BCUT2D eigenvalue weighted by Crippen LogP contribution is -2.33. The smallest absolute Gasteiger partial charge is 0.339 e. The maximum absolute atomic E-state index is 12.7. The van der Waals surface area contributed by atoms with Gasteiger partial charge in [-0.2, -0.15) is 8.42 Å². The number of amides is 1. The minimum atomic E-state index is -4.16. The van der Waals surface area contributed by atoms with Crippen LogP contribution in [0.3, 0.4) is 0 Å². The van der Waals surface area contributed by atoms with Crippen molar-refractivity contribution in [1.82, 2.24) is 0 Å². The van der Waals surface area contributed by atoms with Gasteiger partial charge in [-0.05, 0) is 62.2 Å². The molecular formula is C19H18ClNO5S. The largest absolute Gasteiger partial charge is 0.378 e. The first-order chi connectivity index (χ1) is 12.6. The minimum absolute atomic E-state index is 0.0386. The summed E-state index contributed by atoms with van der Waals surface area (Å²) in [6.45, 7) is 4.68. The second-order valence-electron chi connectivity index (χ2n) is 6.47. The van der Waals surface area contributed by atoms with Gasteiger partial charge in [-0.1, -0.05) is 11.6 Å². The van der Waals surface area contributed by atoms with Gasteiger partial charge in [0.15, 0.2) is 11.5 Å². The number of anilines is 1. The highest BCUT2D eigenvalue weighted by molar-refractivity contribution is 7.87. The highest BCUT2D eigenvalue weighted by atomic mass is 35.5. The summed E-state index contributed by atoms with van der Waals surface area (Å²) in [5.41, 5.74) is 1.54. The summed E-state index contributed by atoms with van der Waals surface area (Å²) in [6.07, 6.45) is 0.553. The third-order valence-electron chi connectivity index (χ3n) is 4.41. The standard InChI is InChI=1S/C19H18ClNO5S/c1-11-8-14-9-16(5-6-18(14)21(11)13(3)23)27(24,25)26-19-7-4-15(20)10-17(19)12(2)22/h4-7,9-11H,8H2,1-3H3. The molecule has 1 atom stereocenters. The summed E-state index contributed by atoms with van der Waals surface area (Å²) in [6, 6.07) is 8.63. The number of hydrogen-bond donors (Lipinski definition) is 0. The molecule has 142 valence electrons. The van der Waals surface area contributed by atoms with Crippen LogP contribution < -0.4 is 9.08 Å². The number of rotatable bonds is 4. The van der Waals surface area contributed by atoms with Gasteiger partial charge in [-0.25, -0.2) is 0 Å². The monoisotopic (exact) mass is 407 g/mol. The van der Waals surface area contributed by atoms with Crippen molar-refractivity contribution in [3.05, 3.63) is 52.5 Å². The normalized spacial score (nSPS) is 16.1. The molecule has 1 unspecified atom stereocenters. The predicted octanol–water partition coefficient (Wildman–Crippen LogP) is 3.61. The number of fused-ring (bicyclic) bond motifs is 1. The summed E-state index contributed by atoms with van der Waals surface area (Å²) in [7, 11) is -4.16. The fourth-order valence-electron chi connectivity index (χ4n) is 3.26. The van der Waals surface area contributed by atoms with Gasteiger partial charge in [0.05, 0.1) is 5.56 Å². The third kappa shape index (κ3) is 3.70. The van der Waals surface area contributed by atoms with E-state index in [9.17, 15) is 18.0 Å². The van der Waals surface area contributed by atoms with E-state index in [1.807, 2.05) is 6.92 Å². The molecule has 1 aliphatic heterocycles. The van der Waals surface area contributed by atoms with Gasteiger partial charge >= 0.3 is 10.1 Å². The lowest BCUT2D eigenvalue weighted by atomic mass is 10.1. The molecular weight excluding hydrogens is 390 g/mol. The van der Waals surface area contributed by atoms with Crippen LogP contribution in [0.5, 0.6) is 5.75 Å². The van der Waals surface area contributed by atoms with Crippen molar-refractivity contribution in [3.63, 3.8) is 0 Å². The van der Waals surface area contributed by atoms with Crippen molar-refractivity contribution in [3.8, 4) is 5.75 Å². The molecule has 1 amide bonds. The zero-order valence-electron chi connectivity index (χ0n) is 15.0. The molecule has 0 spiro atoms. The molecule has 0 saturated heterocycles. The fourth-order valence-corrected chi connectivity index (χ4v) is 4.43. The van der Waals surface area contributed by atoms with Crippen LogP contribution in [0.25, 0.3) is 0 Å². The van der Waals surface area contributed by atoms with E-state index in [1.54, 1.807) is 11.0 Å². The highest BCUT2D eigenvalue weighted by Gasteiger charge is 2.31. The number of nitrogens with zero attached hydrogens (tertiary/aromatic N) is 1. The van der Waals surface area contributed by atoms with Gasteiger partial charge in [-0.3, -0.25) is 9.59 Å². The molecule has 0 fully saturated rings. The number of carbonyl (C=O) groups excluding carboxylic acids is 2. The van der Waals surface area contributed by atoms with Crippen molar-refractivity contribution in [1.29, 1.82) is 0 Å². The topological polar surface area (TPSA) is 80.8 Å². The Bertz CT molecular complexity index is 1050. The molecule has 27 heavy (non-hydrogen) atoms. The van der Waals surface area contributed by atoms with Crippen LogP contribution in [0.15, 0.2) is 41.3 Å². The molecule has 2 aromatic rings. The maximum Gasteiger partial charge on any atom is 0.339 e. The molecule has 1 aliphatic rings. The minimum Gasteiger partial charge on any atom is -0.378 e. The number of Topliss-reactive ketones (excluding diaryl/α,β-unsaturated/α-hetero) is 1. The van der Waals surface area contributed by atoms with Crippen LogP contribution in [0.2, 0.25) is 5.02 Å². The zero-order chi connectivity index (χ0) is 19.9. The molecule has 6 nitrogen and oxygen atoms in total. The lowest BCUT2D eigenvalue weighted by Gasteiger charge is -2.20. The summed E-state index contributed by atoms with van der Waals surface area (Å²) >= 11 is 5.88. The third-order valence-corrected chi connectivity index (χ3v) is 5.88.